The van der Waals surface area contributed by atoms with Gasteiger partial charge in [0.05, 0.1) is 4.47 Å². The lowest BCUT2D eigenvalue weighted by Gasteiger charge is -2.19. The fourth-order valence-corrected chi connectivity index (χ4v) is 2.47. The largest absolute Gasteiger partial charge is 0.310 e. The van der Waals surface area contributed by atoms with Crippen molar-refractivity contribution in [1.82, 2.24) is 15.3 Å². The van der Waals surface area contributed by atoms with Crippen LogP contribution in [0.5, 0.6) is 0 Å². The van der Waals surface area contributed by atoms with Crippen LogP contribution in [0.1, 0.15) is 30.5 Å². The average Bonchev–Trinajstić information content (AvgIpc) is 2.48. The highest BCUT2D eigenvalue weighted by molar-refractivity contribution is 9.10. The summed E-state index contributed by atoms with van der Waals surface area (Å²) in [5, 5.41) is 3.46. The van der Waals surface area contributed by atoms with Crippen LogP contribution in [0.4, 0.5) is 4.39 Å². The molecule has 1 aromatic heterocycles. The lowest BCUT2D eigenvalue weighted by molar-refractivity contribution is 0.523. The Kier molecular flexibility index (Phi) is 5.61. The first kappa shape index (κ1) is 15.1. The normalized spacial score (nSPS) is 12.3. The first-order valence-corrected chi connectivity index (χ1v) is 7.42. The van der Waals surface area contributed by atoms with E-state index in [1.54, 1.807) is 18.5 Å². The summed E-state index contributed by atoms with van der Waals surface area (Å²) in [4.78, 5) is 8.12. The van der Waals surface area contributed by atoms with Gasteiger partial charge in [-0.05, 0) is 46.9 Å². The second kappa shape index (κ2) is 7.45. The molecule has 0 radical (unpaired) electrons. The van der Waals surface area contributed by atoms with Crippen molar-refractivity contribution in [1.29, 1.82) is 0 Å². The molecule has 0 aliphatic rings. The van der Waals surface area contributed by atoms with Gasteiger partial charge in [-0.15, -0.1) is 0 Å². The zero-order valence-corrected chi connectivity index (χ0v) is 12.9. The van der Waals surface area contributed by atoms with Crippen molar-refractivity contribution in [3.8, 4) is 0 Å². The highest BCUT2D eigenvalue weighted by Gasteiger charge is 2.15. The summed E-state index contributed by atoms with van der Waals surface area (Å²) in [5.41, 5.74) is 1.94. The van der Waals surface area contributed by atoms with Crippen LogP contribution in [-0.4, -0.2) is 16.5 Å². The molecule has 1 N–H and O–H groups in total. The van der Waals surface area contributed by atoms with E-state index in [0.717, 1.165) is 24.1 Å². The summed E-state index contributed by atoms with van der Waals surface area (Å²) in [6.07, 6.45) is 6.83. The number of rotatable bonds is 6. The Labute approximate surface area is 126 Å². The Morgan fingerprint density at radius 3 is 2.75 bits per heavy atom. The van der Waals surface area contributed by atoms with Crippen LogP contribution in [0, 0.1) is 5.82 Å². The van der Waals surface area contributed by atoms with E-state index in [0.29, 0.717) is 10.9 Å². The molecular formula is C15H17BrFN3. The van der Waals surface area contributed by atoms with Crippen LogP contribution >= 0.6 is 15.9 Å². The summed E-state index contributed by atoms with van der Waals surface area (Å²) in [7, 11) is 0. The maximum atomic E-state index is 13.6. The average molecular weight is 338 g/mol. The molecule has 5 heteroatoms. The predicted molar refractivity (Wildman–Crippen MR) is 80.9 cm³/mol. The molecule has 1 unspecified atom stereocenters. The predicted octanol–water partition coefficient (Wildman–Crippen LogP) is 3.66. The third kappa shape index (κ3) is 3.84. The summed E-state index contributed by atoms with van der Waals surface area (Å²) in [6, 6.07) is 5.19. The second-order valence-corrected chi connectivity index (χ2v) is 5.39. The Bertz CT molecular complexity index is 548. The molecule has 0 bridgehead atoms. The highest BCUT2D eigenvalue weighted by atomic mass is 79.9. The molecule has 0 saturated carbocycles. The van der Waals surface area contributed by atoms with Gasteiger partial charge >= 0.3 is 0 Å². The number of benzene rings is 1. The number of hydrogen-bond donors (Lipinski definition) is 1. The molecule has 1 aromatic carbocycles. The van der Waals surface area contributed by atoms with E-state index in [4.69, 9.17) is 0 Å². The van der Waals surface area contributed by atoms with E-state index < -0.39 is 0 Å². The third-order valence-electron chi connectivity index (χ3n) is 3.08. The van der Waals surface area contributed by atoms with Crippen LogP contribution in [0.25, 0.3) is 0 Å². The van der Waals surface area contributed by atoms with Gasteiger partial charge in [-0.1, -0.05) is 19.1 Å². The highest BCUT2D eigenvalue weighted by Crippen LogP contribution is 2.25. The minimum absolute atomic E-state index is 0.0780. The quantitative estimate of drug-likeness (QED) is 0.873. The molecule has 0 aliphatic heterocycles. The molecule has 1 atom stereocenters. The molecule has 0 spiro atoms. The Hall–Kier alpha value is -1.33. The standard InChI is InChI=1S/C15H17BrFN3/c1-2-6-20-14(12-8-18-10-19-9-12)7-11-4-3-5-13(17)15(11)16/h3-5,8-10,14,20H,2,6-7H2,1H3. The third-order valence-corrected chi connectivity index (χ3v) is 3.97. The van der Waals surface area contributed by atoms with E-state index in [1.807, 2.05) is 6.07 Å². The van der Waals surface area contributed by atoms with Gasteiger partial charge in [0, 0.05) is 24.0 Å². The monoisotopic (exact) mass is 337 g/mol. The van der Waals surface area contributed by atoms with Gasteiger partial charge in [0.1, 0.15) is 12.1 Å². The van der Waals surface area contributed by atoms with Crippen LogP contribution in [0.3, 0.4) is 0 Å². The number of nitrogens with one attached hydrogen (secondary N) is 1. The van der Waals surface area contributed by atoms with Crippen molar-refractivity contribution < 1.29 is 4.39 Å². The fraction of sp³-hybridized carbons (Fsp3) is 0.333. The van der Waals surface area contributed by atoms with E-state index in [1.165, 1.54) is 12.4 Å². The minimum atomic E-state index is -0.235. The van der Waals surface area contributed by atoms with E-state index >= 15 is 0 Å². The number of halogens is 2. The van der Waals surface area contributed by atoms with Crippen LogP contribution in [0.15, 0.2) is 41.4 Å². The summed E-state index contributed by atoms with van der Waals surface area (Å²) in [6.45, 7) is 3.01. The molecular weight excluding hydrogens is 321 g/mol. The summed E-state index contributed by atoms with van der Waals surface area (Å²) in [5.74, 6) is -0.235. The van der Waals surface area contributed by atoms with Gasteiger partial charge in [0.25, 0.3) is 0 Å². The second-order valence-electron chi connectivity index (χ2n) is 4.60. The smallest absolute Gasteiger partial charge is 0.137 e. The summed E-state index contributed by atoms with van der Waals surface area (Å²) < 4.78 is 14.1. The van der Waals surface area contributed by atoms with Crippen molar-refractivity contribution >= 4 is 15.9 Å². The van der Waals surface area contributed by atoms with Crippen molar-refractivity contribution in [3.63, 3.8) is 0 Å². The van der Waals surface area contributed by atoms with Gasteiger partial charge in [-0.25, -0.2) is 14.4 Å². The Morgan fingerprint density at radius 1 is 1.30 bits per heavy atom. The molecule has 20 heavy (non-hydrogen) atoms. The number of hydrogen-bond acceptors (Lipinski definition) is 3. The van der Waals surface area contributed by atoms with Gasteiger partial charge in [-0.3, -0.25) is 0 Å². The first-order valence-electron chi connectivity index (χ1n) is 6.63. The summed E-state index contributed by atoms with van der Waals surface area (Å²) >= 11 is 3.32. The molecule has 2 rings (SSSR count). The Balaban J connectivity index is 2.21. The lowest BCUT2D eigenvalue weighted by atomic mass is 10.0. The Morgan fingerprint density at radius 2 is 2.05 bits per heavy atom. The number of nitrogens with zero attached hydrogens (tertiary/aromatic N) is 2. The van der Waals surface area contributed by atoms with Crippen LogP contribution in [-0.2, 0) is 6.42 Å². The van der Waals surface area contributed by atoms with Gasteiger partial charge in [-0.2, -0.15) is 0 Å². The van der Waals surface area contributed by atoms with Crippen molar-refractivity contribution in [3.05, 3.63) is 58.3 Å². The van der Waals surface area contributed by atoms with Gasteiger partial charge in [0.2, 0.25) is 0 Å². The van der Waals surface area contributed by atoms with Crippen molar-refractivity contribution in [2.45, 2.75) is 25.8 Å². The molecule has 0 fully saturated rings. The minimum Gasteiger partial charge on any atom is -0.310 e. The molecule has 106 valence electrons. The zero-order chi connectivity index (χ0) is 14.4. The maximum Gasteiger partial charge on any atom is 0.137 e. The molecule has 3 nitrogen and oxygen atoms in total. The van der Waals surface area contributed by atoms with E-state index in [-0.39, 0.29) is 11.9 Å². The molecule has 1 heterocycles. The first-order chi connectivity index (χ1) is 9.72. The van der Waals surface area contributed by atoms with E-state index in [2.05, 4.69) is 38.1 Å². The number of aromatic nitrogens is 2. The van der Waals surface area contributed by atoms with Crippen LogP contribution < -0.4 is 5.32 Å². The maximum absolute atomic E-state index is 13.6. The SMILES string of the molecule is CCCNC(Cc1cccc(F)c1Br)c1cncnc1. The molecule has 0 amide bonds. The topological polar surface area (TPSA) is 37.8 Å². The molecule has 0 saturated heterocycles. The molecule has 0 aliphatic carbocycles. The van der Waals surface area contributed by atoms with E-state index in [9.17, 15) is 4.39 Å². The fourth-order valence-electron chi connectivity index (χ4n) is 2.04. The van der Waals surface area contributed by atoms with Crippen molar-refractivity contribution in [2.75, 3.05) is 6.54 Å². The van der Waals surface area contributed by atoms with Gasteiger partial charge < -0.3 is 5.32 Å². The lowest BCUT2D eigenvalue weighted by Crippen LogP contribution is -2.24. The van der Waals surface area contributed by atoms with Gasteiger partial charge in [0.15, 0.2) is 0 Å². The zero-order valence-electron chi connectivity index (χ0n) is 11.3. The molecule has 2 aromatic rings. The van der Waals surface area contributed by atoms with Crippen LogP contribution in [0.2, 0.25) is 0 Å². The van der Waals surface area contributed by atoms with Crippen molar-refractivity contribution in [2.24, 2.45) is 0 Å².